The van der Waals surface area contributed by atoms with Crippen molar-refractivity contribution in [1.82, 2.24) is 9.97 Å². The molecule has 1 aromatic carbocycles. The zero-order valence-electron chi connectivity index (χ0n) is 10.8. The number of nitrogens with zero attached hydrogens (tertiary/aromatic N) is 2. The quantitative estimate of drug-likeness (QED) is 0.938. The molecule has 0 radical (unpaired) electrons. The predicted octanol–water partition coefficient (Wildman–Crippen LogP) is 3.78. The number of nitrogens with one attached hydrogen (secondary N) is 1. The van der Waals surface area contributed by atoms with Crippen LogP contribution in [0.15, 0.2) is 28.9 Å². The SMILES string of the molecule is Cc1ccc(Br)cc1CNc1ncc(C)c(C)n1. The standard InChI is InChI=1S/C14H16BrN3/c1-9-4-5-13(15)6-12(9)8-17-14-16-7-10(2)11(3)18-14/h4-7H,8H2,1-3H3,(H,16,17,18). The summed E-state index contributed by atoms with van der Waals surface area (Å²) >= 11 is 3.48. The summed E-state index contributed by atoms with van der Waals surface area (Å²) in [4.78, 5) is 8.68. The molecular formula is C14H16BrN3. The maximum Gasteiger partial charge on any atom is 0.223 e. The molecule has 0 unspecified atom stereocenters. The minimum absolute atomic E-state index is 0.678. The van der Waals surface area contributed by atoms with Crippen molar-refractivity contribution < 1.29 is 0 Å². The Bertz CT molecular complexity index is 567. The number of aryl methyl sites for hydroxylation is 3. The summed E-state index contributed by atoms with van der Waals surface area (Å²) in [7, 11) is 0. The molecule has 0 atom stereocenters. The van der Waals surface area contributed by atoms with Crippen LogP contribution in [0, 0.1) is 20.8 Å². The number of rotatable bonds is 3. The molecule has 0 spiro atoms. The van der Waals surface area contributed by atoms with Crippen LogP contribution in [0.4, 0.5) is 5.95 Å². The molecule has 0 aliphatic carbocycles. The van der Waals surface area contributed by atoms with E-state index in [9.17, 15) is 0 Å². The number of anilines is 1. The van der Waals surface area contributed by atoms with Crippen LogP contribution in [-0.2, 0) is 6.54 Å². The molecular weight excluding hydrogens is 290 g/mol. The molecule has 0 aliphatic rings. The highest BCUT2D eigenvalue weighted by molar-refractivity contribution is 9.10. The maximum atomic E-state index is 4.41. The lowest BCUT2D eigenvalue weighted by molar-refractivity contribution is 1.00. The fourth-order valence-corrected chi connectivity index (χ4v) is 2.03. The number of hydrogen-bond acceptors (Lipinski definition) is 3. The first-order valence-electron chi connectivity index (χ1n) is 5.85. The van der Waals surface area contributed by atoms with Gasteiger partial charge in [0, 0.05) is 22.9 Å². The van der Waals surface area contributed by atoms with Gasteiger partial charge in [-0.25, -0.2) is 9.97 Å². The van der Waals surface area contributed by atoms with Gasteiger partial charge >= 0.3 is 0 Å². The first-order valence-corrected chi connectivity index (χ1v) is 6.64. The minimum atomic E-state index is 0.678. The molecule has 0 saturated carbocycles. The number of hydrogen-bond donors (Lipinski definition) is 1. The first kappa shape index (κ1) is 13.0. The fraction of sp³-hybridized carbons (Fsp3) is 0.286. The molecule has 18 heavy (non-hydrogen) atoms. The van der Waals surface area contributed by atoms with E-state index in [1.165, 1.54) is 11.1 Å². The van der Waals surface area contributed by atoms with Crippen LogP contribution in [0.1, 0.15) is 22.4 Å². The van der Waals surface area contributed by atoms with Gasteiger partial charge in [0.15, 0.2) is 0 Å². The molecule has 1 N–H and O–H groups in total. The zero-order valence-corrected chi connectivity index (χ0v) is 12.4. The van der Waals surface area contributed by atoms with Gasteiger partial charge in [-0.2, -0.15) is 0 Å². The summed E-state index contributed by atoms with van der Waals surface area (Å²) in [6.45, 7) is 6.84. The molecule has 1 heterocycles. The van der Waals surface area contributed by atoms with Crippen LogP contribution in [0.3, 0.4) is 0 Å². The third kappa shape index (κ3) is 3.07. The van der Waals surface area contributed by atoms with E-state index in [4.69, 9.17) is 0 Å². The highest BCUT2D eigenvalue weighted by Crippen LogP contribution is 2.17. The highest BCUT2D eigenvalue weighted by atomic mass is 79.9. The van der Waals surface area contributed by atoms with E-state index in [0.29, 0.717) is 5.95 Å². The molecule has 0 amide bonds. The Hall–Kier alpha value is -1.42. The Kier molecular flexibility index (Phi) is 3.97. The van der Waals surface area contributed by atoms with Gasteiger partial charge in [-0.05, 0) is 49.6 Å². The fourth-order valence-electron chi connectivity index (χ4n) is 1.62. The van der Waals surface area contributed by atoms with E-state index in [1.807, 2.05) is 26.1 Å². The summed E-state index contributed by atoms with van der Waals surface area (Å²) in [6.07, 6.45) is 1.85. The van der Waals surface area contributed by atoms with Crippen LogP contribution >= 0.6 is 15.9 Å². The Balaban J connectivity index is 2.11. The van der Waals surface area contributed by atoms with Gasteiger partial charge in [0.1, 0.15) is 0 Å². The van der Waals surface area contributed by atoms with Gasteiger partial charge in [0.2, 0.25) is 5.95 Å². The molecule has 2 aromatic rings. The number of halogens is 1. The zero-order chi connectivity index (χ0) is 13.1. The Morgan fingerprint density at radius 1 is 1.17 bits per heavy atom. The number of benzene rings is 1. The Morgan fingerprint density at radius 2 is 1.94 bits per heavy atom. The summed E-state index contributed by atoms with van der Waals surface area (Å²) in [5, 5.41) is 3.25. The summed E-state index contributed by atoms with van der Waals surface area (Å²) in [5.74, 6) is 0.678. The maximum absolute atomic E-state index is 4.41. The molecule has 0 aliphatic heterocycles. The van der Waals surface area contributed by atoms with E-state index >= 15 is 0 Å². The third-order valence-electron chi connectivity index (χ3n) is 2.97. The molecule has 94 valence electrons. The van der Waals surface area contributed by atoms with Crippen LogP contribution < -0.4 is 5.32 Å². The molecule has 2 rings (SSSR count). The largest absolute Gasteiger partial charge is 0.350 e. The van der Waals surface area contributed by atoms with Crippen LogP contribution in [0.5, 0.6) is 0 Å². The molecule has 0 fully saturated rings. The lowest BCUT2D eigenvalue weighted by Crippen LogP contribution is -2.06. The van der Waals surface area contributed by atoms with Crippen molar-refractivity contribution in [2.75, 3.05) is 5.32 Å². The Labute approximate surface area is 116 Å². The van der Waals surface area contributed by atoms with Crippen molar-refractivity contribution in [1.29, 1.82) is 0 Å². The summed E-state index contributed by atoms with van der Waals surface area (Å²) < 4.78 is 1.09. The van der Waals surface area contributed by atoms with Crippen molar-refractivity contribution in [3.8, 4) is 0 Å². The van der Waals surface area contributed by atoms with Crippen molar-refractivity contribution in [3.63, 3.8) is 0 Å². The number of aromatic nitrogens is 2. The van der Waals surface area contributed by atoms with Gasteiger partial charge < -0.3 is 5.32 Å². The lowest BCUT2D eigenvalue weighted by Gasteiger charge is -2.09. The van der Waals surface area contributed by atoms with Gasteiger partial charge in [0.05, 0.1) is 0 Å². The van der Waals surface area contributed by atoms with Gasteiger partial charge in [-0.3, -0.25) is 0 Å². The average molecular weight is 306 g/mol. The van der Waals surface area contributed by atoms with E-state index in [1.54, 1.807) is 0 Å². The summed E-state index contributed by atoms with van der Waals surface area (Å²) in [6, 6.07) is 6.26. The van der Waals surface area contributed by atoms with Crippen molar-refractivity contribution >= 4 is 21.9 Å². The molecule has 0 bridgehead atoms. The van der Waals surface area contributed by atoms with E-state index in [-0.39, 0.29) is 0 Å². The second-order valence-corrected chi connectivity index (χ2v) is 5.30. The molecule has 1 aromatic heterocycles. The molecule has 3 nitrogen and oxygen atoms in total. The van der Waals surface area contributed by atoms with E-state index in [2.05, 4.69) is 50.3 Å². The molecule has 0 saturated heterocycles. The normalized spacial score (nSPS) is 10.4. The van der Waals surface area contributed by atoms with Crippen LogP contribution in [-0.4, -0.2) is 9.97 Å². The van der Waals surface area contributed by atoms with Crippen LogP contribution in [0.25, 0.3) is 0 Å². The monoisotopic (exact) mass is 305 g/mol. The van der Waals surface area contributed by atoms with Gasteiger partial charge in [0.25, 0.3) is 0 Å². The van der Waals surface area contributed by atoms with Gasteiger partial charge in [-0.15, -0.1) is 0 Å². The third-order valence-corrected chi connectivity index (χ3v) is 3.47. The minimum Gasteiger partial charge on any atom is -0.350 e. The lowest BCUT2D eigenvalue weighted by atomic mass is 10.1. The van der Waals surface area contributed by atoms with Gasteiger partial charge in [-0.1, -0.05) is 22.0 Å². The van der Waals surface area contributed by atoms with Crippen LogP contribution in [0.2, 0.25) is 0 Å². The summed E-state index contributed by atoms with van der Waals surface area (Å²) in [5.41, 5.74) is 4.62. The smallest absolute Gasteiger partial charge is 0.223 e. The predicted molar refractivity (Wildman–Crippen MR) is 77.7 cm³/mol. The second kappa shape index (κ2) is 5.48. The van der Waals surface area contributed by atoms with Crippen molar-refractivity contribution in [2.24, 2.45) is 0 Å². The topological polar surface area (TPSA) is 37.8 Å². The van der Waals surface area contributed by atoms with Crippen molar-refractivity contribution in [2.45, 2.75) is 27.3 Å². The first-order chi connectivity index (χ1) is 8.56. The van der Waals surface area contributed by atoms with Crippen molar-refractivity contribution in [3.05, 3.63) is 51.3 Å². The average Bonchev–Trinajstić information content (AvgIpc) is 2.34. The van der Waals surface area contributed by atoms with E-state index < -0.39 is 0 Å². The highest BCUT2D eigenvalue weighted by Gasteiger charge is 2.02. The van der Waals surface area contributed by atoms with E-state index in [0.717, 1.165) is 22.3 Å². The Morgan fingerprint density at radius 3 is 2.67 bits per heavy atom. The second-order valence-electron chi connectivity index (χ2n) is 4.39. The molecule has 4 heteroatoms.